The minimum absolute atomic E-state index is 0.00899. The van der Waals surface area contributed by atoms with E-state index in [1.807, 2.05) is 0 Å². The van der Waals surface area contributed by atoms with Gasteiger partial charge >= 0.3 is 0 Å². The molecule has 7 heteroatoms. The molecule has 17 heavy (non-hydrogen) atoms. The first-order chi connectivity index (χ1) is 7.99. The van der Waals surface area contributed by atoms with Gasteiger partial charge in [0.1, 0.15) is 11.0 Å². The Balaban J connectivity index is 2.12. The first kappa shape index (κ1) is 12.5. The Morgan fingerprint density at radius 2 is 2.00 bits per heavy atom. The minimum atomic E-state index is -0.802. The highest BCUT2D eigenvalue weighted by molar-refractivity contribution is 6.32. The molecule has 0 saturated heterocycles. The first-order valence-electron chi connectivity index (χ1n) is 5.30. The summed E-state index contributed by atoms with van der Waals surface area (Å²) in [6.07, 6.45) is 3.31. The quantitative estimate of drug-likeness (QED) is 0.639. The van der Waals surface area contributed by atoms with Crippen molar-refractivity contribution in [1.82, 2.24) is 9.97 Å². The highest BCUT2D eigenvalue weighted by Crippen LogP contribution is 2.28. The Hall–Kier alpha value is -0.910. The van der Waals surface area contributed by atoms with E-state index in [4.69, 9.17) is 28.9 Å². The minimum Gasteiger partial charge on any atom is -0.317 e. The van der Waals surface area contributed by atoms with Crippen LogP contribution in [-0.2, 0) is 4.79 Å². The lowest BCUT2D eigenvalue weighted by Gasteiger charge is -2.21. The van der Waals surface area contributed by atoms with E-state index < -0.39 is 5.54 Å². The van der Waals surface area contributed by atoms with Gasteiger partial charge in [-0.05, 0) is 24.4 Å². The van der Waals surface area contributed by atoms with Crippen molar-refractivity contribution in [3.63, 3.8) is 0 Å². The third-order valence-corrected chi connectivity index (χ3v) is 3.22. The van der Waals surface area contributed by atoms with Gasteiger partial charge in [0.15, 0.2) is 0 Å². The molecular weight excluding hydrogens is 263 g/mol. The highest BCUT2D eigenvalue weighted by atomic mass is 35.5. The lowest BCUT2D eigenvalue weighted by molar-refractivity contribution is -0.121. The lowest BCUT2D eigenvalue weighted by Crippen LogP contribution is -2.48. The van der Waals surface area contributed by atoms with E-state index in [-0.39, 0.29) is 22.2 Å². The van der Waals surface area contributed by atoms with Crippen LogP contribution >= 0.6 is 23.2 Å². The molecule has 1 amide bonds. The number of hydrogen-bond donors (Lipinski definition) is 2. The molecule has 3 N–H and O–H groups in total. The predicted molar refractivity (Wildman–Crippen MR) is 66.1 cm³/mol. The normalized spacial score (nSPS) is 18.1. The third-order valence-electron chi connectivity index (χ3n) is 2.86. The molecule has 0 spiro atoms. The molecule has 1 fully saturated rings. The molecule has 1 saturated carbocycles. The van der Waals surface area contributed by atoms with Crippen molar-refractivity contribution >= 4 is 34.9 Å². The van der Waals surface area contributed by atoms with Gasteiger partial charge in [-0.1, -0.05) is 24.4 Å². The second kappa shape index (κ2) is 4.76. The SMILES string of the molecule is NC1(C(=O)Nc2cc(Cl)nc(Cl)n2)CCCC1. The van der Waals surface area contributed by atoms with Crippen LogP contribution in [0, 0.1) is 0 Å². The Morgan fingerprint density at radius 1 is 1.35 bits per heavy atom. The Bertz CT molecular complexity index is 426. The third kappa shape index (κ3) is 2.86. The van der Waals surface area contributed by atoms with E-state index in [1.54, 1.807) is 0 Å². The van der Waals surface area contributed by atoms with Gasteiger partial charge in [-0.15, -0.1) is 0 Å². The van der Waals surface area contributed by atoms with Crippen LogP contribution in [0.5, 0.6) is 0 Å². The maximum Gasteiger partial charge on any atom is 0.245 e. The number of halogens is 2. The Labute approximate surface area is 109 Å². The molecular formula is C10H12Cl2N4O. The molecule has 2 rings (SSSR count). The largest absolute Gasteiger partial charge is 0.317 e. The first-order valence-corrected chi connectivity index (χ1v) is 6.06. The molecule has 0 unspecified atom stereocenters. The van der Waals surface area contributed by atoms with Gasteiger partial charge in [-0.3, -0.25) is 4.79 Å². The summed E-state index contributed by atoms with van der Waals surface area (Å²) in [4.78, 5) is 19.5. The van der Waals surface area contributed by atoms with E-state index in [0.717, 1.165) is 12.8 Å². The van der Waals surface area contributed by atoms with Crippen molar-refractivity contribution in [1.29, 1.82) is 0 Å². The molecule has 0 aromatic carbocycles. The summed E-state index contributed by atoms with van der Waals surface area (Å²) in [6, 6.07) is 1.43. The van der Waals surface area contributed by atoms with Crippen molar-refractivity contribution < 1.29 is 4.79 Å². The van der Waals surface area contributed by atoms with Crippen LogP contribution in [0.1, 0.15) is 25.7 Å². The van der Waals surface area contributed by atoms with Crippen molar-refractivity contribution in [2.45, 2.75) is 31.2 Å². The number of aromatic nitrogens is 2. The number of anilines is 1. The van der Waals surface area contributed by atoms with Crippen molar-refractivity contribution in [2.75, 3.05) is 5.32 Å². The van der Waals surface area contributed by atoms with Crippen LogP contribution in [0.2, 0.25) is 10.4 Å². The lowest BCUT2D eigenvalue weighted by atomic mass is 9.98. The van der Waals surface area contributed by atoms with E-state index >= 15 is 0 Å². The molecule has 92 valence electrons. The van der Waals surface area contributed by atoms with Crippen molar-refractivity contribution in [3.8, 4) is 0 Å². The number of nitrogens with zero attached hydrogens (tertiary/aromatic N) is 2. The standard InChI is InChI=1S/C10H12Cl2N4O/c11-6-5-7(16-9(12)14-6)15-8(17)10(13)3-1-2-4-10/h5H,1-4,13H2,(H,14,15,16,17). The summed E-state index contributed by atoms with van der Waals surface area (Å²) in [5.74, 6) is 0.0255. The van der Waals surface area contributed by atoms with E-state index in [1.165, 1.54) is 6.07 Å². The summed E-state index contributed by atoms with van der Waals surface area (Å²) in [7, 11) is 0. The van der Waals surface area contributed by atoms with Gasteiger partial charge in [-0.25, -0.2) is 9.97 Å². The molecule has 5 nitrogen and oxygen atoms in total. The van der Waals surface area contributed by atoms with Crippen LogP contribution in [0.4, 0.5) is 5.82 Å². The van der Waals surface area contributed by atoms with Gasteiger partial charge in [-0.2, -0.15) is 0 Å². The van der Waals surface area contributed by atoms with Gasteiger partial charge in [0, 0.05) is 6.07 Å². The van der Waals surface area contributed by atoms with E-state index in [9.17, 15) is 4.79 Å². The number of rotatable bonds is 2. The zero-order chi connectivity index (χ0) is 12.5. The molecule has 0 radical (unpaired) electrons. The number of carbonyl (C=O) groups is 1. The van der Waals surface area contributed by atoms with Gasteiger partial charge in [0.05, 0.1) is 5.54 Å². The molecule has 0 bridgehead atoms. The average Bonchev–Trinajstić information content (AvgIpc) is 2.64. The number of carbonyl (C=O) groups excluding carboxylic acids is 1. The summed E-state index contributed by atoms with van der Waals surface area (Å²) in [6.45, 7) is 0. The van der Waals surface area contributed by atoms with Gasteiger partial charge in [0.25, 0.3) is 0 Å². The fourth-order valence-corrected chi connectivity index (χ4v) is 2.34. The second-order valence-corrected chi connectivity index (χ2v) is 4.89. The Morgan fingerprint density at radius 3 is 2.59 bits per heavy atom. The molecule has 1 aromatic rings. The summed E-state index contributed by atoms with van der Waals surface area (Å²) in [5, 5.41) is 2.79. The monoisotopic (exact) mass is 274 g/mol. The van der Waals surface area contributed by atoms with E-state index in [0.29, 0.717) is 12.8 Å². The molecule has 1 heterocycles. The fourth-order valence-electron chi connectivity index (χ4n) is 1.93. The van der Waals surface area contributed by atoms with Gasteiger partial charge in [0.2, 0.25) is 11.2 Å². The topological polar surface area (TPSA) is 80.9 Å². The van der Waals surface area contributed by atoms with Crippen LogP contribution in [0.25, 0.3) is 0 Å². The zero-order valence-corrected chi connectivity index (χ0v) is 10.6. The summed E-state index contributed by atoms with van der Waals surface area (Å²) >= 11 is 11.3. The maximum absolute atomic E-state index is 12.0. The maximum atomic E-state index is 12.0. The smallest absolute Gasteiger partial charge is 0.245 e. The molecule has 0 aliphatic heterocycles. The zero-order valence-electron chi connectivity index (χ0n) is 9.04. The van der Waals surface area contributed by atoms with Crippen molar-refractivity contribution in [3.05, 3.63) is 16.5 Å². The highest BCUT2D eigenvalue weighted by Gasteiger charge is 2.37. The number of amides is 1. The van der Waals surface area contributed by atoms with Crippen molar-refractivity contribution in [2.24, 2.45) is 5.73 Å². The fraction of sp³-hybridized carbons (Fsp3) is 0.500. The Kier molecular flexibility index (Phi) is 3.51. The number of hydrogen-bond acceptors (Lipinski definition) is 4. The van der Waals surface area contributed by atoms with Crippen LogP contribution in [0.3, 0.4) is 0 Å². The molecule has 1 aliphatic rings. The predicted octanol–water partition coefficient (Wildman–Crippen LogP) is 1.99. The summed E-state index contributed by atoms with van der Waals surface area (Å²) < 4.78 is 0. The van der Waals surface area contributed by atoms with Gasteiger partial charge < -0.3 is 11.1 Å². The molecule has 1 aromatic heterocycles. The van der Waals surface area contributed by atoms with Crippen LogP contribution in [0.15, 0.2) is 6.07 Å². The number of nitrogens with two attached hydrogens (primary N) is 1. The van der Waals surface area contributed by atoms with E-state index in [2.05, 4.69) is 15.3 Å². The molecule has 0 atom stereocenters. The average molecular weight is 275 g/mol. The number of nitrogens with one attached hydrogen (secondary N) is 1. The van der Waals surface area contributed by atoms with Crippen LogP contribution in [-0.4, -0.2) is 21.4 Å². The van der Waals surface area contributed by atoms with Crippen LogP contribution < -0.4 is 11.1 Å². The second-order valence-electron chi connectivity index (χ2n) is 4.16. The molecule has 1 aliphatic carbocycles. The summed E-state index contributed by atoms with van der Waals surface area (Å²) in [5.41, 5.74) is 5.20.